The Labute approximate surface area is 186 Å². The van der Waals surface area contributed by atoms with Crippen LogP contribution in [0.5, 0.6) is 11.5 Å². The number of benzene rings is 2. The molecule has 3 aromatic rings. The summed E-state index contributed by atoms with van der Waals surface area (Å²) >= 11 is 0. The van der Waals surface area contributed by atoms with E-state index in [0.717, 1.165) is 30.2 Å². The Morgan fingerprint density at radius 1 is 1.16 bits per heavy atom. The van der Waals surface area contributed by atoms with E-state index in [4.69, 9.17) is 9.47 Å². The molecule has 1 aromatic heterocycles. The summed E-state index contributed by atoms with van der Waals surface area (Å²) in [4.78, 5) is 4.66. The van der Waals surface area contributed by atoms with Gasteiger partial charge in [0, 0.05) is 31.3 Å². The van der Waals surface area contributed by atoms with Crippen molar-refractivity contribution in [1.82, 2.24) is 20.1 Å². The third-order valence-corrected chi connectivity index (χ3v) is 5.07. The summed E-state index contributed by atoms with van der Waals surface area (Å²) in [6, 6.07) is 12.5. The van der Waals surface area contributed by atoms with Crippen molar-refractivity contribution in [2.75, 3.05) is 25.1 Å². The van der Waals surface area contributed by atoms with Gasteiger partial charge in [-0.2, -0.15) is 0 Å². The molecule has 2 aromatic carbocycles. The third-order valence-electron chi connectivity index (χ3n) is 5.07. The molecule has 0 spiro atoms. The van der Waals surface area contributed by atoms with E-state index in [1.807, 2.05) is 35.8 Å². The van der Waals surface area contributed by atoms with Gasteiger partial charge in [-0.3, -0.25) is 0 Å². The Morgan fingerprint density at radius 3 is 2.84 bits per heavy atom. The van der Waals surface area contributed by atoms with E-state index in [0.29, 0.717) is 50.0 Å². The minimum atomic E-state index is -0.209. The molecule has 0 amide bonds. The largest absolute Gasteiger partial charge is 0.490 e. The quantitative estimate of drug-likeness (QED) is 0.434. The van der Waals surface area contributed by atoms with Crippen molar-refractivity contribution in [3.8, 4) is 11.5 Å². The van der Waals surface area contributed by atoms with Crippen molar-refractivity contribution in [3.05, 3.63) is 66.0 Å². The minimum Gasteiger partial charge on any atom is -0.490 e. The molecule has 1 aliphatic rings. The number of hydrogen-bond acceptors (Lipinski definition) is 5. The zero-order chi connectivity index (χ0) is 22.2. The molecule has 32 heavy (non-hydrogen) atoms. The van der Waals surface area contributed by atoms with Crippen molar-refractivity contribution < 1.29 is 13.9 Å². The Morgan fingerprint density at radius 2 is 2.00 bits per heavy atom. The summed E-state index contributed by atoms with van der Waals surface area (Å²) in [5.74, 6) is 2.54. The van der Waals surface area contributed by atoms with Crippen molar-refractivity contribution >= 4 is 11.6 Å². The topological polar surface area (TPSA) is 85.6 Å². The van der Waals surface area contributed by atoms with Crippen LogP contribution in [0.25, 0.3) is 0 Å². The molecule has 0 bridgehead atoms. The van der Waals surface area contributed by atoms with Crippen LogP contribution in [0.15, 0.2) is 53.8 Å². The van der Waals surface area contributed by atoms with Gasteiger partial charge in [-0.05, 0) is 37.1 Å². The van der Waals surface area contributed by atoms with Gasteiger partial charge in [0.2, 0.25) is 0 Å². The van der Waals surface area contributed by atoms with Gasteiger partial charge in [0.05, 0.1) is 13.2 Å². The van der Waals surface area contributed by atoms with Gasteiger partial charge in [-0.1, -0.05) is 18.2 Å². The number of guanidine groups is 1. The molecule has 9 heteroatoms. The molecule has 1 aliphatic heterocycles. The number of hydrogen-bond donors (Lipinski definition) is 2. The Balaban J connectivity index is 1.48. The predicted octanol–water partition coefficient (Wildman–Crippen LogP) is 3.40. The number of fused-ring (bicyclic) bond motifs is 1. The summed E-state index contributed by atoms with van der Waals surface area (Å²) in [6.07, 6.45) is 3.06. The van der Waals surface area contributed by atoms with Crippen LogP contribution < -0.4 is 20.1 Å². The summed E-state index contributed by atoms with van der Waals surface area (Å²) < 4.78 is 27.4. The lowest BCUT2D eigenvalue weighted by Crippen LogP contribution is -2.32. The van der Waals surface area contributed by atoms with Gasteiger partial charge in [0.1, 0.15) is 18.7 Å². The van der Waals surface area contributed by atoms with Gasteiger partial charge in [0.15, 0.2) is 23.3 Å². The lowest BCUT2D eigenvalue weighted by Gasteiger charge is -2.15. The lowest BCUT2D eigenvalue weighted by molar-refractivity contribution is 0.297. The number of rotatable bonds is 7. The molecular formula is C23H27FN6O2. The highest BCUT2D eigenvalue weighted by Gasteiger charge is 2.12. The number of nitrogens with zero attached hydrogens (tertiary/aromatic N) is 4. The molecule has 0 radical (unpaired) electrons. The van der Waals surface area contributed by atoms with E-state index < -0.39 is 0 Å². The average molecular weight is 439 g/mol. The first-order chi connectivity index (χ1) is 15.7. The fourth-order valence-corrected chi connectivity index (χ4v) is 3.35. The lowest BCUT2D eigenvalue weighted by atomic mass is 10.1. The Hall–Kier alpha value is -3.62. The third kappa shape index (κ3) is 5.54. The molecule has 0 saturated heterocycles. The van der Waals surface area contributed by atoms with E-state index in [2.05, 4.69) is 25.8 Å². The van der Waals surface area contributed by atoms with Crippen molar-refractivity contribution in [2.45, 2.75) is 32.9 Å². The van der Waals surface area contributed by atoms with Crippen molar-refractivity contribution in [3.63, 3.8) is 0 Å². The average Bonchev–Trinajstić information content (AvgIpc) is 3.14. The molecule has 8 nitrogen and oxygen atoms in total. The van der Waals surface area contributed by atoms with Crippen LogP contribution >= 0.6 is 0 Å². The van der Waals surface area contributed by atoms with Crippen molar-refractivity contribution in [2.24, 2.45) is 4.99 Å². The van der Waals surface area contributed by atoms with Crippen molar-refractivity contribution in [1.29, 1.82) is 0 Å². The van der Waals surface area contributed by atoms with Gasteiger partial charge < -0.3 is 24.7 Å². The van der Waals surface area contributed by atoms with E-state index in [1.54, 1.807) is 18.5 Å². The first kappa shape index (κ1) is 21.6. The summed E-state index contributed by atoms with van der Waals surface area (Å²) in [5, 5.41) is 14.7. The van der Waals surface area contributed by atoms with Crippen LogP contribution in [0.4, 0.5) is 10.1 Å². The molecule has 2 heterocycles. The zero-order valence-electron chi connectivity index (χ0n) is 18.1. The number of halogens is 1. The number of anilines is 1. The number of nitrogens with one attached hydrogen (secondary N) is 2. The van der Waals surface area contributed by atoms with Gasteiger partial charge in [-0.25, -0.2) is 9.38 Å². The summed E-state index contributed by atoms with van der Waals surface area (Å²) in [7, 11) is 0. The first-order valence-corrected chi connectivity index (χ1v) is 10.8. The molecule has 0 atom stereocenters. The second-order valence-corrected chi connectivity index (χ2v) is 7.30. The summed E-state index contributed by atoms with van der Waals surface area (Å²) in [5.41, 5.74) is 1.46. The van der Waals surface area contributed by atoms with E-state index in [1.165, 1.54) is 6.07 Å². The standard InChI is InChI=1S/C23H27FN6O2/c1-2-30-16-27-29-22(30)15-26-23(25-11-10-17-6-3-4-7-19(17)24)28-18-8-9-20-21(14-18)32-13-5-12-31-20/h3-4,6-9,14,16H,2,5,10-13,15H2,1H3,(H2,25,26,28). The molecule has 168 valence electrons. The molecule has 2 N–H and O–H groups in total. The predicted molar refractivity (Wildman–Crippen MR) is 121 cm³/mol. The molecule has 0 fully saturated rings. The summed E-state index contributed by atoms with van der Waals surface area (Å²) in [6.45, 7) is 4.92. The van der Waals surface area contributed by atoms with Crippen LogP contribution in [0.2, 0.25) is 0 Å². The molecule has 4 rings (SSSR count). The minimum absolute atomic E-state index is 0.209. The number of aryl methyl sites for hydroxylation is 1. The highest BCUT2D eigenvalue weighted by atomic mass is 19.1. The number of ether oxygens (including phenoxy) is 2. The smallest absolute Gasteiger partial charge is 0.196 e. The van der Waals surface area contributed by atoms with Gasteiger partial charge in [0.25, 0.3) is 0 Å². The normalized spacial score (nSPS) is 13.5. The number of aromatic nitrogens is 3. The van der Waals surface area contributed by atoms with E-state index in [9.17, 15) is 4.39 Å². The Bertz CT molecular complexity index is 1070. The molecule has 0 aliphatic carbocycles. The van der Waals surface area contributed by atoms with Crippen LogP contribution in [0, 0.1) is 5.82 Å². The first-order valence-electron chi connectivity index (χ1n) is 10.8. The maximum absolute atomic E-state index is 14.0. The second-order valence-electron chi connectivity index (χ2n) is 7.30. The van der Waals surface area contributed by atoms with Crippen LogP contribution in [-0.4, -0.2) is 40.5 Å². The van der Waals surface area contributed by atoms with Crippen LogP contribution in [0.1, 0.15) is 24.7 Å². The monoisotopic (exact) mass is 438 g/mol. The SMILES string of the molecule is CCn1cnnc1CN=C(NCCc1ccccc1F)Nc1ccc2c(c1)OCCCO2. The van der Waals surface area contributed by atoms with Gasteiger partial charge >= 0.3 is 0 Å². The molecular weight excluding hydrogens is 411 g/mol. The van der Waals surface area contributed by atoms with Crippen LogP contribution in [-0.2, 0) is 19.5 Å². The fraction of sp³-hybridized carbons (Fsp3) is 0.348. The highest BCUT2D eigenvalue weighted by Crippen LogP contribution is 2.32. The van der Waals surface area contributed by atoms with Gasteiger partial charge in [-0.15, -0.1) is 10.2 Å². The number of aliphatic imine (C=N–C) groups is 1. The molecule has 0 saturated carbocycles. The van der Waals surface area contributed by atoms with E-state index in [-0.39, 0.29) is 5.82 Å². The Kier molecular flexibility index (Phi) is 7.16. The maximum atomic E-state index is 14.0. The van der Waals surface area contributed by atoms with E-state index >= 15 is 0 Å². The van der Waals surface area contributed by atoms with Crippen LogP contribution in [0.3, 0.4) is 0 Å². The molecule has 0 unspecified atom stereocenters. The zero-order valence-corrected chi connectivity index (χ0v) is 18.1. The fourth-order valence-electron chi connectivity index (χ4n) is 3.35. The highest BCUT2D eigenvalue weighted by molar-refractivity contribution is 5.93. The second kappa shape index (κ2) is 10.6. The maximum Gasteiger partial charge on any atom is 0.196 e.